The van der Waals surface area contributed by atoms with Gasteiger partial charge in [0.2, 0.25) is 5.91 Å². The third-order valence-electron chi connectivity index (χ3n) is 3.12. The zero-order valence-corrected chi connectivity index (χ0v) is 12.1. The average Bonchev–Trinajstić information content (AvgIpc) is 2.98. The quantitative estimate of drug-likeness (QED) is 0.764. The molecule has 0 aliphatic heterocycles. The molecule has 2 N–H and O–H groups in total. The summed E-state index contributed by atoms with van der Waals surface area (Å²) in [5, 5.41) is 10.6. The van der Waals surface area contributed by atoms with E-state index in [9.17, 15) is 4.79 Å². The van der Waals surface area contributed by atoms with Gasteiger partial charge in [-0.25, -0.2) is 0 Å². The number of rotatable bonds is 6. The maximum absolute atomic E-state index is 11.5. The molecular weight excluding hydrogens is 240 g/mol. The fraction of sp³-hybridized carbons (Fsp3) is 0.714. The molecule has 1 amide bonds. The number of carbonyl (C=O) groups is 1. The van der Waals surface area contributed by atoms with Crippen molar-refractivity contribution in [1.29, 1.82) is 0 Å². The second-order valence-electron chi connectivity index (χ2n) is 6.23. The lowest BCUT2D eigenvalue weighted by Crippen LogP contribution is -2.29. The van der Waals surface area contributed by atoms with Gasteiger partial charge in [0.1, 0.15) is 0 Å². The van der Waals surface area contributed by atoms with Crippen LogP contribution in [0.4, 0.5) is 0 Å². The summed E-state index contributed by atoms with van der Waals surface area (Å²) < 4.78 is 1.96. The number of hydrogen-bond acceptors (Lipinski definition) is 3. The molecule has 5 nitrogen and oxygen atoms in total. The Bertz CT molecular complexity index is 429. The second-order valence-corrected chi connectivity index (χ2v) is 6.23. The molecular formula is C14H24N4O. The lowest BCUT2D eigenvalue weighted by molar-refractivity contribution is -0.121. The Balaban J connectivity index is 1.65. The Morgan fingerprint density at radius 1 is 1.47 bits per heavy atom. The van der Waals surface area contributed by atoms with Gasteiger partial charge in [0.15, 0.2) is 0 Å². The Labute approximate surface area is 114 Å². The number of amides is 1. The molecule has 0 saturated heterocycles. The topological polar surface area (TPSA) is 59.0 Å². The summed E-state index contributed by atoms with van der Waals surface area (Å²) in [4.78, 5) is 11.5. The van der Waals surface area contributed by atoms with Crippen LogP contribution in [0.3, 0.4) is 0 Å². The third-order valence-corrected chi connectivity index (χ3v) is 3.12. The molecule has 0 radical (unpaired) electrons. The molecule has 1 aliphatic carbocycles. The molecule has 1 heterocycles. The van der Waals surface area contributed by atoms with Gasteiger partial charge in [0.25, 0.3) is 0 Å². The summed E-state index contributed by atoms with van der Waals surface area (Å²) in [5.74, 6) is 0.153. The van der Waals surface area contributed by atoms with Crippen molar-refractivity contribution in [3.8, 4) is 0 Å². The van der Waals surface area contributed by atoms with Crippen LogP contribution in [0, 0.1) is 0 Å². The minimum absolute atomic E-state index is 0.0163. The first-order valence-electron chi connectivity index (χ1n) is 6.99. The van der Waals surface area contributed by atoms with Crippen LogP contribution in [0.5, 0.6) is 0 Å². The summed E-state index contributed by atoms with van der Waals surface area (Å²) in [6.07, 6.45) is 6.76. The van der Waals surface area contributed by atoms with Crippen LogP contribution in [0.15, 0.2) is 12.4 Å². The van der Waals surface area contributed by atoms with Crippen molar-refractivity contribution in [2.24, 2.45) is 0 Å². The summed E-state index contributed by atoms with van der Waals surface area (Å²) in [6.45, 7) is 7.84. The molecule has 0 unspecified atom stereocenters. The maximum atomic E-state index is 11.5. The van der Waals surface area contributed by atoms with Gasteiger partial charge in [-0.05, 0) is 33.6 Å². The van der Waals surface area contributed by atoms with E-state index in [0.29, 0.717) is 19.0 Å². The highest BCUT2D eigenvalue weighted by Crippen LogP contribution is 2.18. The molecule has 0 spiro atoms. The van der Waals surface area contributed by atoms with Crippen molar-refractivity contribution < 1.29 is 4.79 Å². The van der Waals surface area contributed by atoms with Crippen LogP contribution in [0.25, 0.3) is 0 Å². The van der Waals surface area contributed by atoms with Gasteiger partial charge in [-0.15, -0.1) is 0 Å². The normalized spacial score (nSPS) is 15.5. The summed E-state index contributed by atoms with van der Waals surface area (Å²) in [7, 11) is 0. The van der Waals surface area contributed by atoms with Crippen molar-refractivity contribution >= 4 is 5.91 Å². The summed E-state index contributed by atoms with van der Waals surface area (Å²) >= 11 is 0. The van der Waals surface area contributed by atoms with Crippen LogP contribution in [0.2, 0.25) is 0 Å². The standard InChI is InChI=1S/C14H24N4O/c1-14(2,3)18-10-11(9-16-18)8-15-7-6-13(19)17-12-4-5-12/h9-10,12,15H,4-8H2,1-3H3,(H,17,19). The van der Waals surface area contributed by atoms with E-state index in [1.165, 1.54) is 0 Å². The van der Waals surface area contributed by atoms with E-state index in [0.717, 1.165) is 24.9 Å². The molecule has 1 aromatic rings. The van der Waals surface area contributed by atoms with Gasteiger partial charge < -0.3 is 10.6 Å². The third kappa shape index (κ3) is 4.67. The Hall–Kier alpha value is -1.36. The smallest absolute Gasteiger partial charge is 0.221 e. The second kappa shape index (κ2) is 5.74. The molecule has 1 saturated carbocycles. The number of nitrogens with one attached hydrogen (secondary N) is 2. The van der Waals surface area contributed by atoms with Crippen LogP contribution < -0.4 is 10.6 Å². The number of hydrogen-bond donors (Lipinski definition) is 2. The molecule has 106 valence electrons. The van der Waals surface area contributed by atoms with Crippen molar-refractivity contribution in [3.05, 3.63) is 18.0 Å². The highest BCUT2D eigenvalue weighted by atomic mass is 16.1. The van der Waals surface area contributed by atoms with Crippen molar-refractivity contribution in [3.63, 3.8) is 0 Å². The van der Waals surface area contributed by atoms with Gasteiger partial charge in [0.05, 0.1) is 11.7 Å². The van der Waals surface area contributed by atoms with Gasteiger partial charge >= 0.3 is 0 Å². The van der Waals surface area contributed by atoms with Crippen molar-refractivity contribution in [1.82, 2.24) is 20.4 Å². The summed E-state index contributed by atoms with van der Waals surface area (Å²) in [5.41, 5.74) is 1.17. The largest absolute Gasteiger partial charge is 0.353 e. The molecule has 1 aromatic heterocycles. The van der Waals surface area contributed by atoms with E-state index < -0.39 is 0 Å². The van der Waals surface area contributed by atoms with E-state index in [1.807, 2.05) is 10.9 Å². The molecule has 0 aromatic carbocycles. The zero-order valence-electron chi connectivity index (χ0n) is 12.1. The monoisotopic (exact) mass is 264 g/mol. The Morgan fingerprint density at radius 2 is 2.21 bits per heavy atom. The van der Waals surface area contributed by atoms with Crippen molar-refractivity contribution in [2.45, 2.75) is 58.2 Å². The van der Waals surface area contributed by atoms with E-state index in [2.05, 4.69) is 42.7 Å². The molecule has 5 heteroatoms. The van der Waals surface area contributed by atoms with Gasteiger partial charge in [0, 0.05) is 37.3 Å². The molecule has 19 heavy (non-hydrogen) atoms. The number of nitrogens with zero attached hydrogens (tertiary/aromatic N) is 2. The lowest BCUT2D eigenvalue weighted by atomic mass is 10.1. The first-order valence-corrected chi connectivity index (χ1v) is 6.99. The first-order chi connectivity index (χ1) is 8.95. The predicted molar refractivity (Wildman–Crippen MR) is 74.7 cm³/mol. The molecule has 0 bridgehead atoms. The minimum atomic E-state index is 0.0163. The fourth-order valence-electron chi connectivity index (χ4n) is 1.78. The Kier molecular flexibility index (Phi) is 4.24. The SMILES string of the molecule is CC(C)(C)n1cc(CNCCC(=O)NC2CC2)cn1. The van der Waals surface area contributed by atoms with Crippen LogP contribution >= 0.6 is 0 Å². The maximum Gasteiger partial charge on any atom is 0.221 e. The van der Waals surface area contributed by atoms with E-state index in [1.54, 1.807) is 0 Å². The van der Waals surface area contributed by atoms with Gasteiger partial charge in [-0.2, -0.15) is 5.10 Å². The van der Waals surface area contributed by atoms with E-state index in [4.69, 9.17) is 0 Å². The molecule has 2 rings (SSSR count). The fourth-order valence-corrected chi connectivity index (χ4v) is 1.78. The predicted octanol–water partition coefficient (Wildman–Crippen LogP) is 1.40. The van der Waals surface area contributed by atoms with Crippen LogP contribution in [0.1, 0.15) is 45.6 Å². The highest BCUT2D eigenvalue weighted by Gasteiger charge is 2.22. The van der Waals surface area contributed by atoms with Gasteiger partial charge in [-0.3, -0.25) is 9.48 Å². The number of carbonyl (C=O) groups excluding carboxylic acids is 1. The zero-order chi connectivity index (χ0) is 13.9. The first kappa shape index (κ1) is 14.1. The van der Waals surface area contributed by atoms with Crippen molar-refractivity contribution in [2.75, 3.05) is 6.54 Å². The average molecular weight is 264 g/mol. The number of aromatic nitrogens is 2. The molecule has 0 atom stereocenters. The Morgan fingerprint density at radius 3 is 2.79 bits per heavy atom. The lowest BCUT2D eigenvalue weighted by Gasteiger charge is -2.18. The molecule has 1 aliphatic rings. The highest BCUT2D eigenvalue weighted by molar-refractivity contribution is 5.76. The van der Waals surface area contributed by atoms with E-state index >= 15 is 0 Å². The van der Waals surface area contributed by atoms with Gasteiger partial charge in [-0.1, -0.05) is 0 Å². The summed E-state index contributed by atoms with van der Waals surface area (Å²) in [6, 6.07) is 0.456. The van der Waals surface area contributed by atoms with Crippen LogP contribution in [-0.4, -0.2) is 28.3 Å². The van der Waals surface area contributed by atoms with Crippen LogP contribution in [-0.2, 0) is 16.9 Å². The van der Waals surface area contributed by atoms with E-state index in [-0.39, 0.29) is 11.4 Å². The minimum Gasteiger partial charge on any atom is -0.353 e. The molecule has 1 fully saturated rings.